The van der Waals surface area contributed by atoms with Crippen LogP contribution >= 0.6 is 43.2 Å². The lowest BCUT2D eigenvalue weighted by Crippen LogP contribution is -2.34. The summed E-state index contributed by atoms with van der Waals surface area (Å²) in [4.78, 5) is 12.1. The van der Waals surface area contributed by atoms with E-state index in [4.69, 9.17) is 0 Å². The Hall–Kier alpha value is -0.650. The van der Waals surface area contributed by atoms with E-state index in [2.05, 4.69) is 49.3 Å². The lowest BCUT2D eigenvalue weighted by Gasteiger charge is -2.13. The highest BCUT2D eigenvalue weighted by Crippen LogP contribution is 2.31. The predicted molar refractivity (Wildman–Crippen MR) is 86.8 cm³/mol. The quantitative estimate of drug-likeness (QED) is 0.793. The van der Waals surface area contributed by atoms with Gasteiger partial charge in [0.25, 0.3) is 5.91 Å². The Bertz CT molecular complexity index is 568. The van der Waals surface area contributed by atoms with E-state index in [0.717, 1.165) is 14.0 Å². The molecule has 1 aromatic heterocycles. The lowest BCUT2D eigenvalue weighted by atomic mass is 10.1. The first-order chi connectivity index (χ1) is 9.06. The maximum atomic E-state index is 12.1. The van der Waals surface area contributed by atoms with Crippen LogP contribution in [0.25, 0.3) is 0 Å². The first-order valence-corrected chi connectivity index (χ1v) is 8.26. The van der Waals surface area contributed by atoms with E-state index in [0.29, 0.717) is 5.56 Å². The number of nitrogens with one attached hydrogen (secondary N) is 1. The lowest BCUT2D eigenvalue weighted by molar-refractivity contribution is 0.0940. The smallest absolute Gasteiger partial charge is 0.253 e. The fourth-order valence-corrected chi connectivity index (χ4v) is 4.61. The molecule has 1 N–H and O–H groups in total. The SMILES string of the molecule is CC(Cc1ccccc1)NC(=O)c1cc(Br)sc1Br. The third-order valence-electron chi connectivity index (χ3n) is 2.66. The van der Waals surface area contributed by atoms with Crippen LogP contribution < -0.4 is 5.32 Å². The van der Waals surface area contributed by atoms with E-state index in [1.54, 1.807) is 0 Å². The van der Waals surface area contributed by atoms with Crippen LogP contribution in [0.5, 0.6) is 0 Å². The molecule has 5 heteroatoms. The largest absolute Gasteiger partial charge is 0.349 e. The fourth-order valence-electron chi connectivity index (χ4n) is 1.82. The molecule has 1 atom stereocenters. The van der Waals surface area contributed by atoms with Crippen molar-refractivity contribution in [2.75, 3.05) is 0 Å². The number of carbonyl (C=O) groups excluding carboxylic acids is 1. The minimum absolute atomic E-state index is 0.0442. The highest BCUT2D eigenvalue weighted by molar-refractivity contribution is 9.12. The molecule has 1 aromatic carbocycles. The zero-order chi connectivity index (χ0) is 13.8. The summed E-state index contributed by atoms with van der Waals surface area (Å²) in [5.41, 5.74) is 1.90. The molecule has 1 amide bonds. The third-order valence-corrected chi connectivity index (χ3v) is 5.00. The second-order valence-corrected chi connectivity index (χ2v) is 8.05. The van der Waals surface area contributed by atoms with Crippen LogP contribution in [0.1, 0.15) is 22.8 Å². The molecule has 0 saturated carbocycles. The molecule has 2 nitrogen and oxygen atoms in total. The Balaban J connectivity index is 1.97. The normalized spacial score (nSPS) is 12.2. The van der Waals surface area contributed by atoms with Crippen LogP contribution in [0.15, 0.2) is 44.0 Å². The Kier molecular flexibility index (Phi) is 5.19. The summed E-state index contributed by atoms with van der Waals surface area (Å²) in [5.74, 6) is -0.0442. The monoisotopic (exact) mass is 401 g/mol. The number of benzene rings is 1. The molecule has 0 radical (unpaired) electrons. The standard InChI is InChI=1S/C14H13Br2NOS/c1-9(7-10-5-3-2-4-6-10)17-14(18)11-8-12(15)19-13(11)16/h2-6,8-9H,7H2,1H3,(H,17,18). The third kappa shape index (κ3) is 4.16. The van der Waals surface area contributed by atoms with E-state index >= 15 is 0 Å². The molecule has 0 aliphatic rings. The average molecular weight is 403 g/mol. The van der Waals surface area contributed by atoms with Crippen LogP contribution in [0.3, 0.4) is 0 Å². The van der Waals surface area contributed by atoms with Gasteiger partial charge in [0.05, 0.1) is 13.1 Å². The van der Waals surface area contributed by atoms with Gasteiger partial charge in [-0.1, -0.05) is 30.3 Å². The van der Waals surface area contributed by atoms with Crippen LogP contribution in [0.2, 0.25) is 0 Å². The fraction of sp³-hybridized carbons (Fsp3) is 0.214. The topological polar surface area (TPSA) is 29.1 Å². The number of carbonyl (C=O) groups is 1. The molecule has 0 aliphatic heterocycles. The number of halogens is 2. The van der Waals surface area contributed by atoms with Crippen molar-refractivity contribution in [1.29, 1.82) is 0 Å². The summed E-state index contributed by atoms with van der Waals surface area (Å²) in [7, 11) is 0. The Morgan fingerprint density at radius 1 is 1.32 bits per heavy atom. The molecule has 19 heavy (non-hydrogen) atoms. The van der Waals surface area contributed by atoms with E-state index in [-0.39, 0.29) is 11.9 Å². The predicted octanol–water partition coefficient (Wildman–Crippen LogP) is 4.63. The van der Waals surface area contributed by atoms with Gasteiger partial charge in [-0.15, -0.1) is 11.3 Å². The molecule has 0 bridgehead atoms. The maximum absolute atomic E-state index is 12.1. The first kappa shape index (κ1) is 14.8. The maximum Gasteiger partial charge on any atom is 0.253 e. The van der Waals surface area contributed by atoms with Crippen molar-refractivity contribution in [3.63, 3.8) is 0 Å². The van der Waals surface area contributed by atoms with Gasteiger partial charge >= 0.3 is 0 Å². The van der Waals surface area contributed by atoms with Crippen molar-refractivity contribution in [2.24, 2.45) is 0 Å². The van der Waals surface area contributed by atoms with E-state index in [1.165, 1.54) is 16.9 Å². The zero-order valence-electron chi connectivity index (χ0n) is 10.3. The van der Waals surface area contributed by atoms with Crippen LogP contribution in [0, 0.1) is 0 Å². The van der Waals surface area contributed by atoms with Crippen molar-refractivity contribution in [3.8, 4) is 0 Å². The highest BCUT2D eigenvalue weighted by Gasteiger charge is 2.15. The van der Waals surface area contributed by atoms with Gasteiger partial charge in [0.2, 0.25) is 0 Å². The van der Waals surface area contributed by atoms with Gasteiger partial charge in [0.15, 0.2) is 0 Å². The molecule has 0 aliphatic carbocycles. The summed E-state index contributed by atoms with van der Waals surface area (Å²) in [6.45, 7) is 2.01. The molecule has 100 valence electrons. The van der Waals surface area contributed by atoms with Crippen LogP contribution in [-0.2, 0) is 6.42 Å². The second kappa shape index (κ2) is 6.68. The van der Waals surface area contributed by atoms with Crippen molar-refractivity contribution in [2.45, 2.75) is 19.4 Å². The molecule has 0 saturated heterocycles. The van der Waals surface area contributed by atoms with Gasteiger partial charge in [0.1, 0.15) is 0 Å². The van der Waals surface area contributed by atoms with Crippen molar-refractivity contribution in [3.05, 3.63) is 55.1 Å². The molecule has 1 unspecified atom stereocenters. The molecule has 2 aromatic rings. The van der Waals surface area contributed by atoms with Gasteiger partial charge in [0, 0.05) is 6.04 Å². The summed E-state index contributed by atoms with van der Waals surface area (Å²) in [6, 6.07) is 12.1. The van der Waals surface area contributed by atoms with Gasteiger partial charge in [-0.2, -0.15) is 0 Å². The van der Waals surface area contributed by atoms with Gasteiger partial charge in [-0.05, 0) is 56.8 Å². The molecule has 0 fully saturated rings. The second-order valence-electron chi connectivity index (χ2n) is 4.30. The summed E-state index contributed by atoms with van der Waals surface area (Å²) in [5, 5.41) is 3.02. The van der Waals surface area contributed by atoms with Crippen molar-refractivity contribution >= 4 is 49.1 Å². The van der Waals surface area contributed by atoms with E-state index in [1.807, 2.05) is 31.2 Å². The van der Waals surface area contributed by atoms with Crippen molar-refractivity contribution < 1.29 is 4.79 Å². The summed E-state index contributed by atoms with van der Waals surface area (Å²) >= 11 is 8.28. The number of rotatable bonds is 4. The highest BCUT2D eigenvalue weighted by atomic mass is 79.9. The van der Waals surface area contributed by atoms with Crippen LogP contribution in [0.4, 0.5) is 0 Å². The Morgan fingerprint density at radius 3 is 2.58 bits per heavy atom. The summed E-state index contributed by atoms with van der Waals surface area (Å²) < 4.78 is 1.80. The average Bonchev–Trinajstić information content (AvgIpc) is 2.69. The first-order valence-electron chi connectivity index (χ1n) is 5.86. The molecular weight excluding hydrogens is 390 g/mol. The molecule has 0 spiro atoms. The minimum atomic E-state index is -0.0442. The summed E-state index contributed by atoms with van der Waals surface area (Å²) in [6.07, 6.45) is 0.829. The van der Waals surface area contributed by atoms with E-state index in [9.17, 15) is 4.79 Å². The molecular formula is C14H13Br2NOS. The van der Waals surface area contributed by atoms with Gasteiger partial charge in [-0.25, -0.2) is 0 Å². The molecule has 1 heterocycles. The van der Waals surface area contributed by atoms with E-state index < -0.39 is 0 Å². The Labute approximate surface area is 133 Å². The van der Waals surface area contributed by atoms with Gasteiger partial charge in [-0.3, -0.25) is 4.79 Å². The van der Waals surface area contributed by atoms with Crippen LogP contribution in [-0.4, -0.2) is 11.9 Å². The number of hydrogen-bond donors (Lipinski definition) is 1. The number of hydrogen-bond acceptors (Lipinski definition) is 2. The molecule has 2 rings (SSSR count). The minimum Gasteiger partial charge on any atom is -0.349 e. The number of thiophene rings is 1. The number of amides is 1. The van der Waals surface area contributed by atoms with Crippen molar-refractivity contribution in [1.82, 2.24) is 5.32 Å². The zero-order valence-corrected chi connectivity index (χ0v) is 14.3. The Morgan fingerprint density at radius 2 is 2.00 bits per heavy atom. The van der Waals surface area contributed by atoms with Gasteiger partial charge < -0.3 is 5.32 Å².